The molecule has 4 nitrogen and oxygen atoms in total. The zero-order valence-corrected chi connectivity index (χ0v) is 8.43. The highest BCUT2D eigenvalue weighted by Crippen LogP contribution is 2.18. The number of aromatic nitrogens is 2. The van der Waals surface area contributed by atoms with Crippen molar-refractivity contribution in [3.05, 3.63) is 10.4 Å². The first-order valence-corrected chi connectivity index (χ1v) is 5.34. The molecule has 1 aromatic heterocycles. The van der Waals surface area contributed by atoms with Crippen LogP contribution in [0.5, 0.6) is 0 Å². The van der Waals surface area contributed by atoms with Crippen LogP contribution in [0.25, 0.3) is 0 Å². The highest BCUT2D eigenvalue weighted by Gasteiger charge is 2.19. The predicted octanol–water partition coefficient (Wildman–Crippen LogP) is 1.07. The summed E-state index contributed by atoms with van der Waals surface area (Å²) >= 11 is 1.13. The largest absolute Gasteiger partial charge is 0.351 e. The van der Waals surface area contributed by atoms with Crippen molar-refractivity contribution >= 4 is 17.5 Å². The second kappa shape index (κ2) is 3.49. The van der Waals surface area contributed by atoms with Crippen LogP contribution in [0, 0.1) is 5.92 Å². The van der Waals surface area contributed by atoms with Gasteiger partial charge in [-0.1, -0.05) is 6.92 Å². The second-order valence-corrected chi connectivity index (χ2v) is 4.18. The number of anilines is 1. The first-order chi connectivity index (χ1) is 6.27. The summed E-state index contributed by atoms with van der Waals surface area (Å²) in [5, 5.41) is 0. The van der Waals surface area contributed by atoms with Crippen molar-refractivity contribution in [1.82, 2.24) is 8.75 Å². The van der Waals surface area contributed by atoms with Crippen molar-refractivity contribution in [2.45, 2.75) is 19.8 Å². The maximum absolute atomic E-state index is 11.3. The Bertz CT molecular complexity index is 324. The standard InChI is InChI=1S/C8H13N3OS/c1-6-2-4-11(5-3-6)7-8(12)10-13-9-7/h6H,2-5H2,1H3,(H,10,12). The van der Waals surface area contributed by atoms with Crippen LogP contribution < -0.4 is 10.5 Å². The number of hydrogen-bond acceptors (Lipinski definition) is 4. The third kappa shape index (κ3) is 1.75. The summed E-state index contributed by atoms with van der Waals surface area (Å²) in [6.07, 6.45) is 2.33. The zero-order valence-electron chi connectivity index (χ0n) is 7.62. The van der Waals surface area contributed by atoms with E-state index in [1.807, 2.05) is 0 Å². The summed E-state index contributed by atoms with van der Waals surface area (Å²) in [6, 6.07) is 0. The number of aromatic amines is 1. The van der Waals surface area contributed by atoms with Gasteiger partial charge in [0.05, 0.1) is 0 Å². The van der Waals surface area contributed by atoms with Crippen LogP contribution in [-0.2, 0) is 0 Å². The van der Waals surface area contributed by atoms with E-state index in [-0.39, 0.29) is 5.56 Å². The Morgan fingerprint density at radius 2 is 2.23 bits per heavy atom. The molecule has 0 bridgehead atoms. The van der Waals surface area contributed by atoms with Crippen LogP contribution in [0.2, 0.25) is 0 Å². The summed E-state index contributed by atoms with van der Waals surface area (Å²) < 4.78 is 6.67. The average molecular weight is 199 g/mol. The monoisotopic (exact) mass is 199 g/mol. The van der Waals surface area contributed by atoms with Gasteiger partial charge in [-0.15, -0.1) is 0 Å². The van der Waals surface area contributed by atoms with Gasteiger partial charge < -0.3 is 4.90 Å². The fourth-order valence-corrected chi connectivity index (χ4v) is 2.12. The second-order valence-electron chi connectivity index (χ2n) is 3.61. The topological polar surface area (TPSA) is 49.0 Å². The van der Waals surface area contributed by atoms with Gasteiger partial charge >= 0.3 is 5.56 Å². The van der Waals surface area contributed by atoms with Crippen molar-refractivity contribution in [3.8, 4) is 0 Å². The van der Waals surface area contributed by atoms with E-state index in [0.29, 0.717) is 5.82 Å². The molecule has 0 amide bonds. The number of piperidine rings is 1. The minimum atomic E-state index is -0.0421. The molecular weight excluding hydrogens is 186 g/mol. The van der Waals surface area contributed by atoms with Crippen molar-refractivity contribution in [2.24, 2.45) is 5.92 Å². The summed E-state index contributed by atoms with van der Waals surface area (Å²) in [5.74, 6) is 1.39. The molecule has 5 heteroatoms. The first-order valence-electron chi connectivity index (χ1n) is 4.56. The smallest absolute Gasteiger partial charge is 0.302 e. The first kappa shape index (κ1) is 8.74. The van der Waals surface area contributed by atoms with Gasteiger partial charge in [-0.05, 0) is 18.8 Å². The third-order valence-electron chi connectivity index (χ3n) is 2.56. The Labute approximate surface area is 80.9 Å². The molecule has 1 saturated heterocycles. The molecule has 72 valence electrons. The van der Waals surface area contributed by atoms with E-state index in [1.165, 1.54) is 0 Å². The molecule has 1 aromatic rings. The maximum Gasteiger partial charge on any atom is 0.302 e. The van der Waals surface area contributed by atoms with E-state index in [2.05, 4.69) is 20.6 Å². The molecule has 0 spiro atoms. The average Bonchev–Trinajstić information content (AvgIpc) is 2.53. The summed E-state index contributed by atoms with van der Waals surface area (Å²) in [4.78, 5) is 13.3. The number of H-pyrrole nitrogens is 1. The molecule has 1 fully saturated rings. The van der Waals surface area contributed by atoms with Crippen molar-refractivity contribution < 1.29 is 0 Å². The summed E-state index contributed by atoms with van der Waals surface area (Å²) in [5.41, 5.74) is -0.0421. The van der Waals surface area contributed by atoms with Crippen LogP contribution in [-0.4, -0.2) is 21.8 Å². The van der Waals surface area contributed by atoms with Gasteiger partial charge in [0.2, 0.25) is 5.82 Å². The minimum absolute atomic E-state index is 0.0421. The number of nitrogens with one attached hydrogen (secondary N) is 1. The van der Waals surface area contributed by atoms with Gasteiger partial charge in [0, 0.05) is 24.8 Å². The fraction of sp³-hybridized carbons (Fsp3) is 0.750. The lowest BCUT2D eigenvalue weighted by Gasteiger charge is -2.29. The van der Waals surface area contributed by atoms with Crippen LogP contribution in [0.15, 0.2) is 4.79 Å². The molecule has 0 radical (unpaired) electrons. The van der Waals surface area contributed by atoms with Gasteiger partial charge in [-0.3, -0.25) is 9.17 Å². The molecule has 1 aliphatic heterocycles. The number of rotatable bonds is 1. The minimum Gasteiger partial charge on any atom is -0.351 e. The highest BCUT2D eigenvalue weighted by atomic mass is 32.1. The predicted molar refractivity (Wildman–Crippen MR) is 53.3 cm³/mol. The fourth-order valence-electron chi connectivity index (χ4n) is 1.62. The maximum atomic E-state index is 11.3. The zero-order chi connectivity index (χ0) is 9.26. The molecule has 0 aliphatic carbocycles. The van der Waals surface area contributed by atoms with Gasteiger partial charge in [-0.25, -0.2) is 0 Å². The lowest BCUT2D eigenvalue weighted by molar-refractivity contribution is 0.436. The van der Waals surface area contributed by atoms with E-state index in [4.69, 9.17) is 0 Å². The lowest BCUT2D eigenvalue weighted by Crippen LogP contribution is -2.35. The van der Waals surface area contributed by atoms with Crippen LogP contribution >= 0.6 is 11.7 Å². The van der Waals surface area contributed by atoms with Gasteiger partial charge in [0.1, 0.15) is 0 Å². The van der Waals surface area contributed by atoms with Gasteiger partial charge in [-0.2, -0.15) is 4.37 Å². The molecule has 2 rings (SSSR count). The normalized spacial score (nSPS) is 19.3. The van der Waals surface area contributed by atoms with Crippen LogP contribution in [0.1, 0.15) is 19.8 Å². The SMILES string of the molecule is CC1CCN(c2ns[nH]c2=O)CC1. The van der Waals surface area contributed by atoms with Crippen molar-refractivity contribution in [1.29, 1.82) is 0 Å². The van der Waals surface area contributed by atoms with E-state index in [0.717, 1.165) is 43.6 Å². The Morgan fingerprint density at radius 3 is 2.77 bits per heavy atom. The molecular formula is C8H13N3OS. The Morgan fingerprint density at radius 1 is 1.54 bits per heavy atom. The van der Waals surface area contributed by atoms with Gasteiger partial charge in [0.15, 0.2) is 0 Å². The van der Waals surface area contributed by atoms with Crippen molar-refractivity contribution in [2.75, 3.05) is 18.0 Å². The Hall–Kier alpha value is -0.840. The molecule has 0 unspecified atom stereocenters. The molecule has 0 aromatic carbocycles. The summed E-state index contributed by atoms with van der Waals surface area (Å²) in [7, 11) is 0. The highest BCUT2D eigenvalue weighted by molar-refractivity contribution is 6.99. The molecule has 1 aliphatic rings. The lowest BCUT2D eigenvalue weighted by atomic mass is 9.99. The van der Waals surface area contributed by atoms with E-state index in [9.17, 15) is 4.79 Å². The quantitative estimate of drug-likeness (QED) is 0.736. The van der Waals surface area contributed by atoms with E-state index in [1.54, 1.807) is 0 Å². The Kier molecular flexibility index (Phi) is 2.35. The molecule has 1 N–H and O–H groups in total. The molecule has 0 saturated carbocycles. The third-order valence-corrected chi connectivity index (χ3v) is 3.10. The van der Waals surface area contributed by atoms with Crippen LogP contribution in [0.3, 0.4) is 0 Å². The van der Waals surface area contributed by atoms with Gasteiger partial charge in [0.25, 0.3) is 0 Å². The van der Waals surface area contributed by atoms with E-state index >= 15 is 0 Å². The number of nitrogens with zero attached hydrogens (tertiary/aromatic N) is 2. The van der Waals surface area contributed by atoms with Crippen LogP contribution in [0.4, 0.5) is 5.82 Å². The molecule has 13 heavy (non-hydrogen) atoms. The Balaban J connectivity index is 2.11. The molecule has 2 heterocycles. The summed E-state index contributed by atoms with van der Waals surface area (Å²) in [6.45, 7) is 4.19. The van der Waals surface area contributed by atoms with E-state index < -0.39 is 0 Å². The molecule has 0 atom stereocenters. The number of hydrogen-bond donors (Lipinski definition) is 1. The van der Waals surface area contributed by atoms with Crippen molar-refractivity contribution in [3.63, 3.8) is 0 Å².